The third kappa shape index (κ3) is 1.19. The quantitative estimate of drug-likeness (QED) is 0.545. The van der Waals surface area contributed by atoms with E-state index in [-0.39, 0.29) is 4.24 Å². The summed E-state index contributed by atoms with van der Waals surface area (Å²) in [5, 5.41) is 6.12. The zero-order valence-electron chi connectivity index (χ0n) is 3.29. The third-order valence-corrected chi connectivity index (χ3v) is 2.76. The molecule has 0 unspecified atom stereocenters. The molecule has 0 fully saturated rings. The maximum Gasteiger partial charge on any atom is 0.244 e. The highest BCUT2D eigenvalue weighted by Gasteiger charge is 2.20. The second kappa shape index (κ2) is 1.24. The van der Waals surface area contributed by atoms with E-state index in [4.69, 9.17) is 0 Å². The van der Waals surface area contributed by atoms with Crippen LogP contribution >= 0.6 is 11.8 Å². The van der Waals surface area contributed by atoms with Crippen LogP contribution in [-0.4, -0.2) is 8.42 Å². The van der Waals surface area contributed by atoms with Crippen molar-refractivity contribution in [2.24, 2.45) is 5.14 Å². The molecule has 1 aliphatic rings. The predicted molar refractivity (Wildman–Crippen MR) is 28.8 cm³/mol. The van der Waals surface area contributed by atoms with Gasteiger partial charge in [0.1, 0.15) is 4.24 Å². The number of hydrogen-bond acceptors (Lipinski definition) is 3. The lowest BCUT2D eigenvalue weighted by atomic mass is 11.3. The van der Waals surface area contributed by atoms with Crippen LogP contribution in [-0.2, 0) is 10.0 Å². The summed E-state index contributed by atoms with van der Waals surface area (Å²) < 4.78 is 20.4. The zero-order chi connectivity index (χ0) is 5.49. The first-order chi connectivity index (χ1) is 3.11. The van der Waals surface area contributed by atoms with Gasteiger partial charge in [-0.15, -0.1) is 0 Å². The topological polar surface area (TPSA) is 60.2 Å². The van der Waals surface area contributed by atoms with E-state index in [9.17, 15) is 8.42 Å². The number of thioether (sulfide) groups is 1. The highest BCUT2D eigenvalue weighted by molar-refractivity contribution is 8.25. The maximum atomic E-state index is 10.1. The Kier molecular flexibility index (Phi) is 0.911. The molecule has 5 heteroatoms. The maximum absolute atomic E-state index is 10.1. The van der Waals surface area contributed by atoms with Crippen molar-refractivity contribution in [2.45, 2.75) is 0 Å². The summed E-state index contributed by atoms with van der Waals surface area (Å²) in [6.07, 6.45) is 0. The molecule has 7 heavy (non-hydrogen) atoms. The van der Waals surface area contributed by atoms with Crippen molar-refractivity contribution in [1.82, 2.24) is 0 Å². The number of rotatable bonds is 1. The lowest BCUT2D eigenvalue weighted by Gasteiger charge is -1.79. The average molecular weight is 137 g/mol. The molecule has 0 atom stereocenters. The highest BCUT2D eigenvalue weighted by Crippen LogP contribution is 2.36. The van der Waals surface area contributed by atoms with Crippen molar-refractivity contribution in [1.29, 1.82) is 0 Å². The van der Waals surface area contributed by atoms with Gasteiger partial charge in [-0.05, 0) is 0 Å². The molecule has 0 radical (unpaired) electrons. The van der Waals surface area contributed by atoms with Crippen LogP contribution in [0.1, 0.15) is 0 Å². The number of sulfonamides is 1. The van der Waals surface area contributed by atoms with Crippen molar-refractivity contribution in [3.8, 4) is 0 Å². The first-order valence-electron chi connectivity index (χ1n) is 1.50. The second-order valence-electron chi connectivity index (χ2n) is 1.10. The van der Waals surface area contributed by atoms with Crippen molar-refractivity contribution in [3.63, 3.8) is 0 Å². The Morgan fingerprint density at radius 1 is 1.71 bits per heavy atom. The van der Waals surface area contributed by atoms with Gasteiger partial charge in [-0.1, -0.05) is 11.8 Å². The molecule has 0 aromatic rings. The minimum absolute atomic E-state index is 0.285. The van der Waals surface area contributed by atoms with E-state index >= 15 is 0 Å². The van der Waals surface area contributed by atoms with Gasteiger partial charge in [0.25, 0.3) is 0 Å². The molecule has 0 amide bonds. The monoisotopic (exact) mass is 137 g/mol. The molecule has 2 N–H and O–H groups in total. The zero-order valence-corrected chi connectivity index (χ0v) is 4.92. The highest BCUT2D eigenvalue weighted by atomic mass is 32.3. The van der Waals surface area contributed by atoms with E-state index < -0.39 is 10.0 Å². The Bertz CT molecular complexity index is 202. The molecular formula is C2H3NO2S2. The van der Waals surface area contributed by atoms with Crippen LogP contribution in [0.25, 0.3) is 0 Å². The molecule has 0 aromatic carbocycles. The Morgan fingerprint density at radius 3 is 2.14 bits per heavy atom. The summed E-state index contributed by atoms with van der Waals surface area (Å²) in [5.41, 5.74) is 0. The van der Waals surface area contributed by atoms with Crippen LogP contribution in [0.15, 0.2) is 9.65 Å². The molecule has 0 spiro atoms. The summed E-state index contributed by atoms with van der Waals surface area (Å²) in [5.74, 6) is 0. The van der Waals surface area contributed by atoms with E-state index in [1.807, 2.05) is 0 Å². The molecule has 3 nitrogen and oxygen atoms in total. The van der Waals surface area contributed by atoms with Crippen LogP contribution in [0.3, 0.4) is 0 Å². The molecule has 0 saturated heterocycles. The smallest absolute Gasteiger partial charge is 0.224 e. The van der Waals surface area contributed by atoms with Gasteiger partial charge in [0.05, 0.1) is 0 Å². The van der Waals surface area contributed by atoms with Crippen molar-refractivity contribution < 1.29 is 8.42 Å². The molecule has 0 saturated carbocycles. The lowest BCUT2D eigenvalue weighted by Crippen LogP contribution is -2.08. The number of hydrogen-bond donors (Lipinski definition) is 1. The fourth-order valence-corrected chi connectivity index (χ4v) is 1.42. The fourth-order valence-electron chi connectivity index (χ4n) is 0.158. The predicted octanol–water partition coefficient (Wildman–Crippen LogP) is -0.179. The van der Waals surface area contributed by atoms with Crippen LogP contribution in [0, 0.1) is 0 Å². The van der Waals surface area contributed by atoms with Crippen molar-refractivity contribution in [2.75, 3.05) is 0 Å². The molecule has 1 rings (SSSR count). The summed E-state index contributed by atoms with van der Waals surface area (Å²) >= 11 is 1.15. The van der Waals surface area contributed by atoms with Gasteiger partial charge < -0.3 is 0 Å². The standard InChI is InChI=1S/C2H3NO2S2/c3-7(4,5)2-1-6-2/h1H,(H2,3,4,5). The summed E-state index contributed by atoms with van der Waals surface area (Å²) in [4.78, 5) is 0. The van der Waals surface area contributed by atoms with Gasteiger partial charge in [0.15, 0.2) is 0 Å². The normalized spacial score (nSPS) is 18.7. The molecule has 0 bridgehead atoms. The Hall–Kier alpha value is -0.0000000000000000555. The number of primary sulfonamides is 1. The first kappa shape index (κ1) is 5.14. The Morgan fingerprint density at radius 2 is 2.14 bits per heavy atom. The molecule has 1 heterocycles. The van der Waals surface area contributed by atoms with Crippen molar-refractivity contribution in [3.05, 3.63) is 9.65 Å². The SMILES string of the molecule is NS(=O)(=O)C1=CS1. The minimum Gasteiger partial charge on any atom is -0.224 e. The van der Waals surface area contributed by atoms with Crippen molar-refractivity contribution >= 4 is 21.8 Å². The summed E-state index contributed by atoms with van der Waals surface area (Å²) in [6.45, 7) is 0. The number of nitrogens with two attached hydrogens (primary N) is 1. The summed E-state index contributed by atoms with van der Waals surface area (Å²) in [7, 11) is -3.31. The van der Waals surface area contributed by atoms with E-state index in [0.717, 1.165) is 11.8 Å². The first-order valence-corrected chi connectivity index (χ1v) is 3.93. The van der Waals surface area contributed by atoms with E-state index in [1.54, 1.807) is 0 Å². The van der Waals surface area contributed by atoms with Gasteiger partial charge in [0, 0.05) is 5.41 Å². The Balaban J connectivity index is 2.93. The fraction of sp³-hybridized carbons (Fsp3) is 0. The van der Waals surface area contributed by atoms with Gasteiger partial charge >= 0.3 is 0 Å². The molecule has 40 valence electrons. The van der Waals surface area contributed by atoms with Gasteiger partial charge in [0.2, 0.25) is 10.0 Å². The summed E-state index contributed by atoms with van der Waals surface area (Å²) in [6, 6.07) is 0. The molecular weight excluding hydrogens is 134 g/mol. The average Bonchev–Trinajstić information content (AvgIpc) is 1.99. The van der Waals surface area contributed by atoms with E-state index in [1.165, 1.54) is 5.41 Å². The third-order valence-electron chi connectivity index (χ3n) is 0.494. The molecule has 0 aromatic heterocycles. The van der Waals surface area contributed by atoms with Gasteiger partial charge in [-0.25, -0.2) is 13.6 Å². The van der Waals surface area contributed by atoms with Gasteiger partial charge in [-0.2, -0.15) is 0 Å². The second-order valence-corrected chi connectivity index (χ2v) is 3.80. The Labute approximate surface area is 45.6 Å². The lowest BCUT2D eigenvalue weighted by molar-refractivity contribution is 0.606. The minimum atomic E-state index is -3.31. The largest absolute Gasteiger partial charge is 0.244 e. The van der Waals surface area contributed by atoms with Crippen LogP contribution < -0.4 is 5.14 Å². The van der Waals surface area contributed by atoms with Crippen LogP contribution in [0.4, 0.5) is 0 Å². The van der Waals surface area contributed by atoms with E-state index in [2.05, 4.69) is 5.14 Å². The van der Waals surface area contributed by atoms with Gasteiger partial charge in [-0.3, -0.25) is 0 Å². The van der Waals surface area contributed by atoms with Crippen LogP contribution in [0.2, 0.25) is 0 Å². The molecule has 0 aliphatic carbocycles. The molecule has 1 aliphatic heterocycles. The van der Waals surface area contributed by atoms with E-state index in [0.29, 0.717) is 0 Å². The van der Waals surface area contributed by atoms with Crippen LogP contribution in [0.5, 0.6) is 0 Å².